The van der Waals surface area contributed by atoms with Gasteiger partial charge in [-0.3, -0.25) is 0 Å². The molecular formula is C8H7FO3S2. The minimum Gasteiger partial charge on any atom is -0.505 e. The molecule has 1 aromatic rings. The molecule has 14 heavy (non-hydrogen) atoms. The summed E-state index contributed by atoms with van der Waals surface area (Å²) in [6, 6.07) is 3.98. The first-order valence-corrected chi connectivity index (χ1v) is 5.91. The van der Waals surface area contributed by atoms with Gasteiger partial charge in [-0.2, -0.15) is 0 Å². The number of carbonyl (C=O) groups is 1. The summed E-state index contributed by atoms with van der Waals surface area (Å²) in [7, 11) is 1.78. The number of hydrogen-bond acceptors (Lipinski definition) is 4. The van der Waals surface area contributed by atoms with Gasteiger partial charge in [0.15, 0.2) is 11.6 Å². The van der Waals surface area contributed by atoms with Gasteiger partial charge in [-0.25, -0.2) is 9.18 Å². The normalized spacial score (nSPS) is 10.1. The highest BCUT2D eigenvalue weighted by molar-refractivity contribution is 8.81. The summed E-state index contributed by atoms with van der Waals surface area (Å²) < 4.78 is 12.8. The van der Waals surface area contributed by atoms with Crippen LogP contribution < -0.4 is 0 Å². The van der Waals surface area contributed by atoms with Gasteiger partial charge in [0.2, 0.25) is 0 Å². The van der Waals surface area contributed by atoms with Crippen LogP contribution in [0, 0.1) is 5.82 Å². The molecule has 0 aliphatic rings. The number of rotatable bonds is 3. The first kappa shape index (κ1) is 11.2. The van der Waals surface area contributed by atoms with Crippen molar-refractivity contribution in [1.29, 1.82) is 0 Å². The van der Waals surface area contributed by atoms with E-state index in [1.165, 1.54) is 12.1 Å². The van der Waals surface area contributed by atoms with Crippen LogP contribution >= 0.6 is 21.6 Å². The minimum absolute atomic E-state index is 0.383. The van der Waals surface area contributed by atoms with Crippen LogP contribution in [0.3, 0.4) is 0 Å². The third-order valence-electron chi connectivity index (χ3n) is 1.37. The van der Waals surface area contributed by atoms with Gasteiger partial charge in [-0.1, -0.05) is 16.9 Å². The average molecular weight is 234 g/mol. The molecule has 0 aliphatic heterocycles. The molecule has 0 aromatic heterocycles. The number of halogens is 1. The number of benzene rings is 1. The molecule has 0 spiro atoms. The first-order valence-electron chi connectivity index (χ1n) is 3.59. The monoisotopic (exact) mass is 234 g/mol. The van der Waals surface area contributed by atoms with Gasteiger partial charge >= 0.3 is 5.30 Å². The van der Waals surface area contributed by atoms with Crippen LogP contribution in [0.1, 0.15) is 5.56 Å². The van der Waals surface area contributed by atoms with Crippen molar-refractivity contribution < 1.29 is 19.4 Å². The van der Waals surface area contributed by atoms with E-state index in [-0.39, 0.29) is 0 Å². The summed E-state index contributed by atoms with van der Waals surface area (Å²) in [6.07, 6.45) is 0. The van der Waals surface area contributed by atoms with E-state index in [0.717, 1.165) is 10.8 Å². The zero-order valence-corrected chi connectivity index (χ0v) is 8.57. The minimum atomic E-state index is -0.978. The number of phenols is 1. The second kappa shape index (κ2) is 5.11. The molecule has 0 heterocycles. The largest absolute Gasteiger partial charge is 0.505 e. The van der Waals surface area contributed by atoms with Crippen LogP contribution in [0.4, 0.5) is 9.18 Å². The lowest BCUT2D eigenvalue weighted by molar-refractivity contribution is 0.222. The predicted octanol–water partition coefficient (Wildman–Crippen LogP) is 3.09. The summed E-state index contributed by atoms with van der Waals surface area (Å²) in [5.41, 5.74) is 0.638. The second-order valence-electron chi connectivity index (χ2n) is 2.40. The van der Waals surface area contributed by atoms with Gasteiger partial charge in [0.25, 0.3) is 0 Å². The molecule has 1 aromatic carbocycles. The van der Waals surface area contributed by atoms with Gasteiger partial charge in [-0.15, -0.1) is 0 Å². The third kappa shape index (κ3) is 3.47. The van der Waals surface area contributed by atoms with E-state index in [1.54, 1.807) is 6.07 Å². The fourth-order valence-corrected chi connectivity index (χ4v) is 2.15. The molecule has 0 unspecified atom stereocenters. The Morgan fingerprint density at radius 1 is 1.50 bits per heavy atom. The molecule has 0 atom stereocenters. The van der Waals surface area contributed by atoms with Crippen molar-refractivity contribution in [3.05, 3.63) is 29.6 Å². The van der Waals surface area contributed by atoms with E-state index in [4.69, 9.17) is 10.2 Å². The van der Waals surface area contributed by atoms with Crippen molar-refractivity contribution in [2.75, 3.05) is 0 Å². The summed E-state index contributed by atoms with van der Waals surface area (Å²) in [4.78, 5) is 10.1. The zero-order chi connectivity index (χ0) is 10.6. The molecule has 1 rings (SSSR count). The highest BCUT2D eigenvalue weighted by Gasteiger charge is 2.03. The molecule has 3 nitrogen and oxygen atoms in total. The van der Waals surface area contributed by atoms with Gasteiger partial charge in [0, 0.05) is 16.5 Å². The second-order valence-corrected chi connectivity index (χ2v) is 4.64. The Morgan fingerprint density at radius 2 is 2.21 bits per heavy atom. The summed E-state index contributed by atoms with van der Waals surface area (Å²) >= 11 is 0. The lowest BCUT2D eigenvalue weighted by Crippen LogP contribution is -1.84. The highest BCUT2D eigenvalue weighted by atomic mass is 33.1. The quantitative estimate of drug-likeness (QED) is 0.787. The van der Waals surface area contributed by atoms with E-state index in [2.05, 4.69) is 0 Å². The number of phenolic OH excluding ortho intramolecular Hbond substituents is 1. The highest BCUT2D eigenvalue weighted by Crippen LogP contribution is 2.27. The molecule has 0 bridgehead atoms. The molecule has 76 valence electrons. The van der Waals surface area contributed by atoms with Crippen molar-refractivity contribution >= 4 is 26.9 Å². The molecule has 2 N–H and O–H groups in total. The van der Waals surface area contributed by atoms with Crippen molar-refractivity contribution in [3.8, 4) is 5.75 Å². The van der Waals surface area contributed by atoms with E-state index in [0.29, 0.717) is 22.1 Å². The van der Waals surface area contributed by atoms with E-state index < -0.39 is 16.9 Å². The molecule has 0 saturated carbocycles. The lowest BCUT2D eigenvalue weighted by atomic mass is 10.2. The smallest absolute Gasteiger partial charge is 0.375 e. The fraction of sp³-hybridized carbons (Fsp3) is 0.125. The molecule has 0 radical (unpaired) electrons. The topological polar surface area (TPSA) is 57.5 Å². The Balaban J connectivity index is 2.51. The van der Waals surface area contributed by atoms with Crippen molar-refractivity contribution in [2.24, 2.45) is 0 Å². The van der Waals surface area contributed by atoms with Crippen LogP contribution in [-0.4, -0.2) is 15.5 Å². The van der Waals surface area contributed by atoms with Crippen LogP contribution in [0.25, 0.3) is 0 Å². The maximum absolute atomic E-state index is 12.8. The first-order chi connectivity index (χ1) is 6.59. The standard InChI is InChI=1S/C8H7FO3S2/c9-6-3-5(1-2-7(6)10)4-13-14-8(11)12/h1-3,10H,4H2,(H,11,12). The average Bonchev–Trinajstić information content (AvgIpc) is 2.10. The lowest BCUT2D eigenvalue weighted by Gasteiger charge is -2.00. The summed E-state index contributed by atoms with van der Waals surface area (Å²) in [5.74, 6) is -0.707. The fourth-order valence-electron chi connectivity index (χ4n) is 0.788. The van der Waals surface area contributed by atoms with Crippen LogP contribution in [0.2, 0.25) is 0 Å². The molecule has 0 aliphatic carbocycles. The molecule has 6 heteroatoms. The Bertz CT molecular complexity index is 343. The maximum atomic E-state index is 12.8. The summed E-state index contributed by atoms with van der Waals surface area (Å²) in [6.45, 7) is 0. The Morgan fingerprint density at radius 3 is 2.79 bits per heavy atom. The van der Waals surface area contributed by atoms with Gasteiger partial charge in [-0.05, 0) is 17.7 Å². The Hall–Kier alpha value is -0.880. The zero-order valence-electron chi connectivity index (χ0n) is 6.94. The van der Waals surface area contributed by atoms with Gasteiger partial charge in [0.1, 0.15) is 0 Å². The van der Waals surface area contributed by atoms with E-state index in [9.17, 15) is 9.18 Å². The third-order valence-corrected chi connectivity index (χ3v) is 3.21. The van der Waals surface area contributed by atoms with Crippen LogP contribution in [0.15, 0.2) is 18.2 Å². The van der Waals surface area contributed by atoms with E-state index in [1.807, 2.05) is 0 Å². The number of hydrogen-bond donors (Lipinski definition) is 2. The van der Waals surface area contributed by atoms with Crippen LogP contribution in [0.5, 0.6) is 5.75 Å². The van der Waals surface area contributed by atoms with Crippen molar-refractivity contribution in [2.45, 2.75) is 5.75 Å². The maximum Gasteiger partial charge on any atom is 0.375 e. The SMILES string of the molecule is O=C(O)SSCc1ccc(O)c(F)c1. The van der Waals surface area contributed by atoms with Crippen LogP contribution in [-0.2, 0) is 5.75 Å². The summed E-state index contributed by atoms with van der Waals surface area (Å²) in [5, 5.41) is 16.2. The van der Waals surface area contributed by atoms with Crippen molar-refractivity contribution in [1.82, 2.24) is 0 Å². The molecule has 0 amide bonds. The van der Waals surface area contributed by atoms with E-state index >= 15 is 0 Å². The Labute approximate surface area is 87.7 Å². The van der Waals surface area contributed by atoms with Crippen molar-refractivity contribution in [3.63, 3.8) is 0 Å². The predicted molar refractivity (Wildman–Crippen MR) is 55.0 cm³/mol. The number of carboxylic acid groups (broad SMARTS) is 1. The van der Waals surface area contributed by atoms with Gasteiger partial charge < -0.3 is 10.2 Å². The molecule has 0 saturated heterocycles. The Kier molecular flexibility index (Phi) is 4.09. The molecular weight excluding hydrogens is 227 g/mol. The molecule has 0 fully saturated rings. The van der Waals surface area contributed by atoms with Gasteiger partial charge in [0.05, 0.1) is 0 Å². The number of aromatic hydroxyl groups is 1.